The number of imidazole rings is 1. The van der Waals surface area contributed by atoms with Gasteiger partial charge in [0, 0.05) is 18.9 Å². The van der Waals surface area contributed by atoms with E-state index in [1.165, 1.54) is 17.3 Å². The number of ether oxygens (including phenoxy) is 1. The first kappa shape index (κ1) is 13.2. The molecule has 1 aromatic carbocycles. The maximum absolute atomic E-state index is 12.6. The van der Waals surface area contributed by atoms with Crippen molar-refractivity contribution in [2.24, 2.45) is 0 Å². The zero-order chi connectivity index (χ0) is 13.5. The lowest BCUT2D eigenvalue weighted by Gasteiger charge is -2.07. The van der Waals surface area contributed by atoms with Gasteiger partial charge in [-0.1, -0.05) is 0 Å². The fraction of sp³-hybridized carbons (Fsp3) is 0.364. The van der Waals surface area contributed by atoms with Gasteiger partial charge in [-0.3, -0.25) is 0 Å². The molecule has 0 bridgehead atoms. The second-order valence-corrected chi connectivity index (χ2v) is 4.17. The molecule has 3 nitrogen and oxygen atoms in total. The van der Waals surface area contributed by atoms with Gasteiger partial charge in [0.1, 0.15) is 6.10 Å². The van der Waals surface area contributed by atoms with Gasteiger partial charge in [0.05, 0.1) is 16.6 Å². The van der Waals surface area contributed by atoms with Crippen LogP contribution in [0, 0.1) is 0 Å². The second-order valence-electron chi connectivity index (χ2n) is 3.83. The van der Waals surface area contributed by atoms with Crippen LogP contribution in [0.1, 0.15) is 24.4 Å². The van der Waals surface area contributed by atoms with Gasteiger partial charge < -0.3 is 4.74 Å². The van der Waals surface area contributed by atoms with Gasteiger partial charge in [-0.2, -0.15) is 13.2 Å². The van der Waals surface area contributed by atoms with Crippen LogP contribution in [0.3, 0.4) is 0 Å². The highest BCUT2D eigenvalue weighted by Crippen LogP contribution is 2.32. The molecule has 1 heterocycles. The highest BCUT2D eigenvalue weighted by Gasteiger charge is 2.31. The standard InChI is InChI=1S/C11H10ClF3N2O/c1-6(18-2)10-16-8-5-7(11(13,14)15)3-4-9(8)17(10)12/h3-6H,1-2H3. The molecule has 1 aromatic heterocycles. The van der Waals surface area contributed by atoms with Crippen molar-refractivity contribution in [1.82, 2.24) is 9.07 Å². The van der Waals surface area contributed by atoms with Gasteiger partial charge >= 0.3 is 6.18 Å². The minimum absolute atomic E-state index is 0.193. The van der Waals surface area contributed by atoms with E-state index in [1.54, 1.807) is 6.92 Å². The molecule has 0 spiro atoms. The van der Waals surface area contributed by atoms with Crippen molar-refractivity contribution >= 4 is 22.8 Å². The van der Waals surface area contributed by atoms with Crippen molar-refractivity contribution in [3.63, 3.8) is 0 Å². The monoisotopic (exact) mass is 278 g/mol. The van der Waals surface area contributed by atoms with E-state index in [-0.39, 0.29) is 5.52 Å². The largest absolute Gasteiger partial charge is 0.416 e. The Hall–Kier alpha value is -1.27. The molecule has 0 saturated carbocycles. The molecule has 0 amide bonds. The molecule has 1 atom stereocenters. The second kappa shape index (κ2) is 4.44. The Kier molecular flexibility index (Phi) is 3.25. The molecule has 0 aliphatic carbocycles. The van der Waals surface area contributed by atoms with Gasteiger partial charge in [0.15, 0.2) is 5.82 Å². The average molecular weight is 279 g/mol. The summed E-state index contributed by atoms with van der Waals surface area (Å²) in [5, 5.41) is 0. The van der Waals surface area contributed by atoms with Gasteiger partial charge in [-0.05, 0) is 25.1 Å². The number of methoxy groups -OCH3 is 1. The highest BCUT2D eigenvalue weighted by molar-refractivity contribution is 6.19. The minimum Gasteiger partial charge on any atom is -0.374 e. The quantitative estimate of drug-likeness (QED) is 0.836. The Balaban J connectivity index is 2.59. The molecule has 7 heteroatoms. The van der Waals surface area contributed by atoms with E-state index in [4.69, 9.17) is 16.5 Å². The summed E-state index contributed by atoms with van der Waals surface area (Å²) in [7, 11) is 1.47. The number of benzene rings is 1. The summed E-state index contributed by atoms with van der Waals surface area (Å²) >= 11 is 5.99. The van der Waals surface area contributed by atoms with Crippen molar-refractivity contribution in [2.45, 2.75) is 19.2 Å². The Labute approximate surface area is 106 Å². The van der Waals surface area contributed by atoms with Crippen LogP contribution in [-0.2, 0) is 10.9 Å². The molecule has 0 radical (unpaired) electrons. The third-order valence-corrected chi connectivity index (χ3v) is 3.02. The van der Waals surface area contributed by atoms with Crippen LogP contribution in [0.15, 0.2) is 18.2 Å². The number of hydrogen-bond acceptors (Lipinski definition) is 2. The van der Waals surface area contributed by atoms with E-state index in [9.17, 15) is 13.2 Å². The van der Waals surface area contributed by atoms with Gasteiger partial charge in [0.2, 0.25) is 0 Å². The Bertz CT molecular complexity index is 579. The molecule has 18 heavy (non-hydrogen) atoms. The van der Waals surface area contributed by atoms with Crippen LogP contribution in [-0.4, -0.2) is 16.2 Å². The van der Waals surface area contributed by atoms with Crippen molar-refractivity contribution in [1.29, 1.82) is 0 Å². The zero-order valence-corrected chi connectivity index (χ0v) is 10.4. The van der Waals surface area contributed by atoms with E-state index < -0.39 is 17.8 Å². The van der Waals surface area contributed by atoms with E-state index >= 15 is 0 Å². The number of alkyl halides is 3. The molecular weight excluding hydrogens is 269 g/mol. The summed E-state index contributed by atoms with van der Waals surface area (Å²) < 4.78 is 43.9. The number of rotatable bonds is 2. The fourth-order valence-electron chi connectivity index (χ4n) is 1.60. The molecule has 0 N–H and O–H groups in total. The Morgan fingerprint density at radius 3 is 2.61 bits per heavy atom. The molecule has 0 aliphatic heterocycles. The molecule has 1 unspecified atom stereocenters. The SMILES string of the molecule is COC(C)c1nc2cc(C(F)(F)F)ccc2n1Cl. The lowest BCUT2D eigenvalue weighted by atomic mass is 10.2. The van der Waals surface area contributed by atoms with Crippen LogP contribution in [0.5, 0.6) is 0 Å². The lowest BCUT2D eigenvalue weighted by Crippen LogP contribution is -2.04. The summed E-state index contributed by atoms with van der Waals surface area (Å²) in [6, 6.07) is 3.24. The molecule has 2 rings (SSSR count). The predicted octanol–water partition coefficient (Wildman–Crippen LogP) is 3.76. The number of halogens is 4. The van der Waals surface area contributed by atoms with Crippen molar-refractivity contribution < 1.29 is 17.9 Å². The topological polar surface area (TPSA) is 27.1 Å². The molecule has 0 aliphatic rings. The van der Waals surface area contributed by atoms with E-state index in [1.807, 2.05) is 0 Å². The summed E-state index contributed by atoms with van der Waals surface area (Å²) in [6.45, 7) is 1.71. The summed E-state index contributed by atoms with van der Waals surface area (Å²) in [5.74, 6) is 0.369. The molecule has 0 saturated heterocycles. The summed E-state index contributed by atoms with van der Waals surface area (Å²) in [5.41, 5.74) is -0.135. The number of nitrogens with zero attached hydrogens (tertiary/aromatic N) is 2. The lowest BCUT2D eigenvalue weighted by molar-refractivity contribution is -0.137. The number of hydrogen-bond donors (Lipinski definition) is 0. The molecule has 0 fully saturated rings. The molecule has 98 valence electrons. The third-order valence-electron chi connectivity index (χ3n) is 2.67. The Morgan fingerprint density at radius 2 is 2.06 bits per heavy atom. The fourth-order valence-corrected chi connectivity index (χ4v) is 1.92. The van der Waals surface area contributed by atoms with E-state index in [0.29, 0.717) is 11.3 Å². The highest BCUT2D eigenvalue weighted by atomic mass is 35.5. The number of aromatic nitrogens is 2. The van der Waals surface area contributed by atoms with Gasteiger partial charge in [0.25, 0.3) is 0 Å². The third kappa shape index (κ3) is 2.18. The minimum atomic E-state index is -4.39. The van der Waals surface area contributed by atoms with Crippen LogP contribution >= 0.6 is 11.8 Å². The van der Waals surface area contributed by atoms with E-state index in [0.717, 1.165) is 12.1 Å². The van der Waals surface area contributed by atoms with Gasteiger partial charge in [-0.15, -0.1) is 0 Å². The van der Waals surface area contributed by atoms with E-state index in [2.05, 4.69) is 4.98 Å². The maximum Gasteiger partial charge on any atom is 0.416 e. The smallest absolute Gasteiger partial charge is 0.374 e. The maximum atomic E-state index is 12.6. The number of fused-ring (bicyclic) bond motifs is 1. The first-order chi connectivity index (χ1) is 8.34. The van der Waals surface area contributed by atoms with Crippen molar-refractivity contribution in [3.8, 4) is 0 Å². The van der Waals surface area contributed by atoms with Crippen LogP contribution < -0.4 is 0 Å². The summed E-state index contributed by atoms with van der Waals surface area (Å²) in [6.07, 6.45) is -4.79. The summed E-state index contributed by atoms with van der Waals surface area (Å²) in [4.78, 5) is 4.06. The van der Waals surface area contributed by atoms with Crippen molar-refractivity contribution in [3.05, 3.63) is 29.6 Å². The molecule has 2 aromatic rings. The van der Waals surface area contributed by atoms with Gasteiger partial charge in [-0.25, -0.2) is 9.07 Å². The zero-order valence-electron chi connectivity index (χ0n) is 9.62. The van der Waals surface area contributed by atoms with Crippen molar-refractivity contribution in [2.75, 3.05) is 7.11 Å². The first-order valence-electron chi connectivity index (χ1n) is 5.13. The normalized spacial score (nSPS) is 14.1. The van der Waals surface area contributed by atoms with Crippen LogP contribution in [0.2, 0.25) is 0 Å². The predicted molar refractivity (Wildman–Crippen MR) is 61.4 cm³/mol. The Morgan fingerprint density at radius 1 is 1.39 bits per heavy atom. The molecular formula is C11H10ClF3N2O. The van der Waals surface area contributed by atoms with Crippen LogP contribution in [0.4, 0.5) is 13.2 Å². The van der Waals surface area contributed by atoms with Crippen LogP contribution in [0.25, 0.3) is 11.0 Å². The first-order valence-corrected chi connectivity index (χ1v) is 5.47. The average Bonchev–Trinajstić information content (AvgIpc) is 2.64.